The molecule has 0 aliphatic rings. The molecule has 0 saturated heterocycles. The number of carbonyl (C=O) groups excluding carboxylic acids is 3. The third-order valence-corrected chi connectivity index (χ3v) is 1.35. The topological polar surface area (TPSA) is 108 Å². The van der Waals surface area contributed by atoms with Gasteiger partial charge in [0.05, 0.1) is 12.8 Å². The second-order valence-electron chi connectivity index (χ2n) is 2.65. The number of nitrogens with one attached hydrogen (secondary N) is 1. The van der Waals surface area contributed by atoms with E-state index in [0.717, 1.165) is 6.08 Å². The average molecular weight is 254 g/mol. The van der Waals surface area contributed by atoms with Crippen molar-refractivity contribution in [3.63, 3.8) is 0 Å². The van der Waals surface area contributed by atoms with E-state index in [1.54, 1.807) is 0 Å². The Labute approximate surface area is 122 Å². The van der Waals surface area contributed by atoms with Gasteiger partial charge in [0.25, 0.3) is 0 Å². The minimum Gasteiger partial charge on any atom is -1.00 e. The van der Waals surface area contributed by atoms with Gasteiger partial charge in [-0.15, -0.1) is 0 Å². The van der Waals surface area contributed by atoms with Crippen LogP contribution < -0.4 is 40.8 Å². The zero-order valence-corrected chi connectivity index (χ0v) is 11.7. The van der Waals surface area contributed by atoms with Crippen LogP contribution in [-0.2, 0) is 24.0 Å². The van der Waals surface area contributed by atoms with Crippen LogP contribution in [0.25, 0.3) is 0 Å². The van der Waals surface area contributed by atoms with Crippen LogP contribution in [0.4, 0.5) is 0 Å². The van der Waals surface area contributed by atoms with Crippen molar-refractivity contribution >= 4 is 17.9 Å². The van der Waals surface area contributed by atoms with Crippen LogP contribution in [0.5, 0.6) is 0 Å². The van der Waals surface area contributed by atoms with Crippen LogP contribution in [0.1, 0.15) is 14.3 Å². The summed E-state index contributed by atoms with van der Waals surface area (Å²) < 4.78 is 4.23. The van der Waals surface area contributed by atoms with Gasteiger partial charge in [0, 0.05) is 19.2 Å². The van der Waals surface area contributed by atoms with E-state index in [1.807, 2.05) is 0 Å². The number of carbonyl (C=O) groups is 3. The maximum atomic E-state index is 10.9. The summed E-state index contributed by atoms with van der Waals surface area (Å²) in [6, 6.07) is 0. The largest absolute Gasteiger partial charge is 1.00 e. The molecule has 3 N–H and O–H groups in total. The Kier molecular flexibility index (Phi) is 12.9. The molecule has 8 heteroatoms. The van der Waals surface area contributed by atoms with Crippen molar-refractivity contribution in [2.75, 3.05) is 13.1 Å². The molecule has 0 aliphatic carbocycles. The fourth-order valence-corrected chi connectivity index (χ4v) is 0.650. The van der Waals surface area contributed by atoms with Crippen molar-refractivity contribution in [1.82, 2.24) is 5.48 Å². The van der Waals surface area contributed by atoms with Crippen LogP contribution in [0.3, 0.4) is 0 Å². The molecule has 0 aliphatic heterocycles. The van der Waals surface area contributed by atoms with Crippen molar-refractivity contribution in [1.29, 1.82) is 0 Å². The van der Waals surface area contributed by atoms with Crippen molar-refractivity contribution in [2.24, 2.45) is 5.73 Å². The molecule has 0 unspecified atom stereocenters. The molecule has 7 nitrogen and oxygen atoms in total. The van der Waals surface area contributed by atoms with Crippen molar-refractivity contribution in [3.05, 3.63) is 12.7 Å². The summed E-state index contributed by atoms with van der Waals surface area (Å²) in [7, 11) is 0. The Morgan fingerprint density at radius 1 is 1.29 bits per heavy atom. The van der Waals surface area contributed by atoms with Crippen molar-refractivity contribution in [2.45, 2.75) is 12.8 Å². The van der Waals surface area contributed by atoms with Crippen molar-refractivity contribution < 1.29 is 54.9 Å². The normalized spacial score (nSPS) is 8.76. The minimum absolute atomic E-state index is 0. The first-order valence-electron chi connectivity index (χ1n) is 4.59. The molecule has 0 aromatic heterocycles. The summed E-state index contributed by atoms with van der Waals surface area (Å²) in [6.07, 6.45) is 0.447. The van der Waals surface area contributed by atoms with Crippen LogP contribution in [0, 0.1) is 0 Å². The Morgan fingerprint density at radius 2 is 1.88 bits per heavy atom. The van der Waals surface area contributed by atoms with E-state index in [0.29, 0.717) is 13.1 Å². The second-order valence-corrected chi connectivity index (χ2v) is 2.65. The smallest absolute Gasteiger partial charge is 1.00 e. The minimum atomic E-state index is -0.848. The predicted octanol–water partition coefficient (Wildman–Crippen LogP) is -3.85. The standard InChI is InChI=1S/C9H14N2O5.Na.H/c1-2-7(12)15-8(13)3-4-9(14)16-11-6-5-10;;/h2,11H,1,3-6,10H2;;/q;+1;-1. The Hall–Kier alpha value is -0.730. The fourth-order valence-electron chi connectivity index (χ4n) is 0.650. The number of hydroxylamine groups is 1. The van der Waals surface area contributed by atoms with E-state index in [2.05, 4.69) is 21.6 Å². The van der Waals surface area contributed by atoms with Gasteiger partial charge in [-0.1, -0.05) is 6.58 Å². The number of nitrogens with two attached hydrogens (primary N) is 1. The molecule has 0 rings (SSSR count). The molecule has 17 heavy (non-hydrogen) atoms. The summed E-state index contributed by atoms with van der Waals surface area (Å²) >= 11 is 0. The zero-order chi connectivity index (χ0) is 12.4. The van der Waals surface area contributed by atoms with Gasteiger partial charge in [0.15, 0.2) is 0 Å². The maximum Gasteiger partial charge on any atom is 1.00 e. The predicted molar refractivity (Wildman–Crippen MR) is 54.8 cm³/mol. The first-order valence-corrected chi connectivity index (χ1v) is 4.59. The van der Waals surface area contributed by atoms with Crippen LogP contribution in [0.15, 0.2) is 12.7 Å². The van der Waals surface area contributed by atoms with E-state index >= 15 is 0 Å². The number of hydrogen-bond donors (Lipinski definition) is 2. The molecule has 0 atom stereocenters. The molecule has 0 fully saturated rings. The molecule has 0 amide bonds. The molecule has 0 spiro atoms. The molecular formula is C9H15N2NaO5. The first kappa shape index (κ1) is 18.6. The van der Waals surface area contributed by atoms with Gasteiger partial charge in [-0.25, -0.2) is 4.79 Å². The Bertz CT molecular complexity index is 288. The van der Waals surface area contributed by atoms with E-state index in [4.69, 9.17) is 5.73 Å². The number of esters is 2. The third-order valence-electron chi connectivity index (χ3n) is 1.35. The van der Waals surface area contributed by atoms with Gasteiger partial charge in [0.2, 0.25) is 0 Å². The molecule has 0 radical (unpaired) electrons. The van der Waals surface area contributed by atoms with Gasteiger partial charge in [-0.3, -0.25) is 9.59 Å². The van der Waals surface area contributed by atoms with Crippen molar-refractivity contribution in [3.8, 4) is 0 Å². The molecule has 0 heterocycles. The third kappa shape index (κ3) is 11.5. The van der Waals surface area contributed by atoms with Gasteiger partial charge >= 0.3 is 47.5 Å². The van der Waals surface area contributed by atoms with Crippen LogP contribution in [0.2, 0.25) is 0 Å². The molecular weight excluding hydrogens is 239 g/mol. The second kappa shape index (κ2) is 11.7. The monoisotopic (exact) mass is 254 g/mol. The number of ether oxygens (including phenoxy) is 1. The van der Waals surface area contributed by atoms with Gasteiger partial charge in [-0.05, 0) is 0 Å². The van der Waals surface area contributed by atoms with Gasteiger partial charge in [0.1, 0.15) is 0 Å². The maximum absolute atomic E-state index is 10.9. The zero-order valence-electron chi connectivity index (χ0n) is 10.7. The van der Waals surface area contributed by atoms with Crippen LogP contribution >= 0.6 is 0 Å². The molecule has 0 bridgehead atoms. The molecule has 0 aromatic rings. The van der Waals surface area contributed by atoms with Crippen LogP contribution in [-0.4, -0.2) is 31.0 Å². The number of rotatable bonds is 7. The van der Waals surface area contributed by atoms with Gasteiger partial charge in [-0.2, -0.15) is 5.48 Å². The molecule has 92 valence electrons. The summed E-state index contributed by atoms with van der Waals surface area (Å²) in [4.78, 5) is 36.9. The van der Waals surface area contributed by atoms with E-state index in [9.17, 15) is 14.4 Å². The summed E-state index contributed by atoms with van der Waals surface area (Å²) in [6.45, 7) is 3.77. The summed E-state index contributed by atoms with van der Waals surface area (Å²) in [5.74, 6) is -2.28. The fraction of sp³-hybridized carbons (Fsp3) is 0.444. The molecule has 0 aromatic carbocycles. The summed E-state index contributed by atoms with van der Waals surface area (Å²) in [5.41, 5.74) is 7.43. The Balaban J connectivity index is -0.00000112. The first-order chi connectivity index (χ1) is 7.60. The number of hydrogen-bond acceptors (Lipinski definition) is 7. The van der Waals surface area contributed by atoms with E-state index in [1.165, 1.54) is 0 Å². The molecule has 0 saturated carbocycles. The SMILES string of the molecule is C=CC(=O)OC(=O)CCC(=O)ONCCN.[H-].[Na+]. The summed E-state index contributed by atoms with van der Waals surface area (Å²) in [5, 5.41) is 0. The Morgan fingerprint density at radius 3 is 2.41 bits per heavy atom. The van der Waals surface area contributed by atoms with E-state index < -0.39 is 17.9 Å². The quantitative estimate of drug-likeness (QED) is 0.119. The van der Waals surface area contributed by atoms with E-state index in [-0.39, 0.29) is 43.8 Å². The van der Waals surface area contributed by atoms with Gasteiger partial charge < -0.3 is 16.7 Å². The average Bonchev–Trinajstić information content (AvgIpc) is 2.26.